The first kappa shape index (κ1) is 13.9. The second kappa shape index (κ2) is 7.22. The predicted molar refractivity (Wildman–Crippen MR) is 71.5 cm³/mol. The van der Waals surface area contributed by atoms with Crippen LogP contribution in [-0.2, 0) is 0 Å². The van der Waals surface area contributed by atoms with Crippen molar-refractivity contribution in [3.63, 3.8) is 0 Å². The first-order chi connectivity index (χ1) is 7.70. The largest absolute Gasteiger partial charge is 0.396 e. The monoisotopic (exact) mass is 258 g/mol. The zero-order valence-electron chi connectivity index (χ0n) is 9.69. The molecule has 0 amide bonds. The fourth-order valence-corrected chi connectivity index (χ4v) is 3.36. The number of hydrogen-bond donors (Lipinski definition) is 2. The van der Waals surface area contributed by atoms with Gasteiger partial charge >= 0.3 is 0 Å². The Morgan fingerprint density at radius 2 is 1.62 bits per heavy atom. The lowest BCUT2D eigenvalue weighted by Gasteiger charge is -2.13. The molecule has 0 saturated carbocycles. The topological polar surface area (TPSA) is 40.5 Å². The minimum absolute atomic E-state index is 0.196. The van der Waals surface area contributed by atoms with Crippen LogP contribution in [0.1, 0.15) is 11.1 Å². The van der Waals surface area contributed by atoms with Crippen molar-refractivity contribution >= 4 is 23.5 Å². The molecule has 1 aromatic carbocycles. The SMILES string of the molecule is Cc1ccc(SCCO)c(SCCO)c1C. The van der Waals surface area contributed by atoms with Gasteiger partial charge in [-0.05, 0) is 31.0 Å². The number of hydrogen-bond acceptors (Lipinski definition) is 4. The highest BCUT2D eigenvalue weighted by Gasteiger charge is 2.08. The summed E-state index contributed by atoms with van der Waals surface area (Å²) in [6.07, 6.45) is 0. The van der Waals surface area contributed by atoms with E-state index in [2.05, 4.69) is 26.0 Å². The maximum absolute atomic E-state index is 8.89. The Morgan fingerprint density at radius 1 is 1.00 bits per heavy atom. The lowest BCUT2D eigenvalue weighted by atomic mass is 10.1. The Bertz CT molecular complexity index is 340. The van der Waals surface area contributed by atoms with Crippen molar-refractivity contribution < 1.29 is 10.2 Å². The van der Waals surface area contributed by atoms with Gasteiger partial charge in [-0.15, -0.1) is 23.5 Å². The molecular formula is C12H18O2S2. The Balaban J connectivity index is 2.91. The summed E-state index contributed by atoms with van der Waals surface area (Å²) in [7, 11) is 0. The molecule has 0 fully saturated rings. The molecule has 90 valence electrons. The van der Waals surface area contributed by atoms with Crippen molar-refractivity contribution in [2.24, 2.45) is 0 Å². The number of aryl methyl sites for hydroxylation is 1. The van der Waals surface area contributed by atoms with Gasteiger partial charge in [0, 0.05) is 21.3 Å². The Labute approximate surface area is 105 Å². The van der Waals surface area contributed by atoms with Crippen molar-refractivity contribution in [1.29, 1.82) is 0 Å². The van der Waals surface area contributed by atoms with Crippen molar-refractivity contribution in [3.05, 3.63) is 23.3 Å². The highest BCUT2D eigenvalue weighted by atomic mass is 32.2. The zero-order valence-corrected chi connectivity index (χ0v) is 11.3. The first-order valence-electron chi connectivity index (χ1n) is 5.28. The minimum atomic E-state index is 0.196. The summed E-state index contributed by atoms with van der Waals surface area (Å²) in [6, 6.07) is 4.21. The van der Waals surface area contributed by atoms with E-state index in [1.54, 1.807) is 23.5 Å². The smallest absolute Gasteiger partial charge is 0.0525 e. The van der Waals surface area contributed by atoms with E-state index in [1.807, 2.05) is 0 Å². The van der Waals surface area contributed by atoms with Crippen LogP contribution in [0.4, 0.5) is 0 Å². The third-order valence-electron chi connectivity index (χ3n) is 2.33. The molecule has 0 aliphatic heterocycles. The number of thioether (sulfide) groups is 2. The molecule has 0 bridgehead atoms. The van der Waals surface area contributed by atoms with Crippen molar-refractivity contribution in [1.82, 2.24) is 0 Å². The molecule has 2 nitrogen and oxygen atoms in total. The Kier molecular flexibility index (Phi) is 6.28. The van der Waals surface area contributed by atoms with E-state index >= 15 is 0 Å². The van der Waals surface area contributed by atoms with Crippen LogP contribution < -0.4 is 0 Å². The van der Waals surface area contributed by atoms with Crippen LogP contribution in [0, 0.1) is 13.8 Å². The standard InChI is InChI=1S/C12H18O2S2/c1-9-3-4-11(15-7-5-13)12(10(9)2)16-8-6-14/h3-4,13-14H,5-8H2,1-2H3. The maximum atomic E-state index is 8.89. The molecule has 0 spiro atoms. The number of benzene rings is 1. The second-order valence-corrected chi connectivity index (χ2v) is 5.72. The summed E-state index contributed by atoms with van der Waals surface area (Å²) < 4.78 is 0. The Hall–Kier alpha value is -0.160. The molecule has 0 heterocycles. The van der Waals surface area contributed by atoms with Gasteiger partial charge in [0.25, 0.3) is 0 Å². The van der Waals surface area contributed by atoms with E-state index in [1.165, 1.54) is 20.9 Å². The second-order valence-electron chi connectivity index (χ2n) is 3.48. The molecule has 1 rings (SSSR count). The van der Waals surface area contributed by atoms with Gasteiger partial charge in [0.2, 0.25) is 0 Å². The molecule has 2 N–H and O–H groups in total. The normalized spacial score (nSPS) is 10.8. The minimum Gasteiger partial charge on any atom is -0.396 e. The van der Waals surface area contributed by atoms with Crippen molar-refractivity contribution in [3.8, 4) is 0 Å². The summed E-state index contributed by atoms with van der Waals surface area (Å²) in [5.74, 6) is 1.44. The van der Waals surface area contributed by atoms with Gasteiger partial charge in [0.05, 0.1) is 13.2 Å². The lowest BCUT2D eigenvalue weighted by molar-refractivity contribution is 0.322. The van der Waals surface area contributed by atoms with Gasteiger partial charge < -0.3 is 10.2 Å². The zero-order chi connectivity index (χ0) is 12.0. The molecule has 16 heavy (non-hydrogen) atoms. The predicted octanol–water partition coefficient (Wildman–Crippen LogP) is 2.47. The van der Waals surface area contributed by atoms with Crippen LogP contribution in [0.2, 0.25) is 0 Å². The van der Waals surface area contributed by atoms with Crippen LogP contribution >= 0.6 is 23.5 Å². The quantitative estimate of drug-likeness (QED) is 0.769. The van der Waals surface area contributed by atoms with Gasteiger partial charge in [-0.1, -0.05) is 6.07 Å². The molecule has 0 aliphatic carbocycles. The maximum Gasteiger partial charge on any atom is 0.0525 e. The van der Waals surface area contributed by atoms with Gasteiger partial charge in [0.15, 0.2) is 0 Å². The highest BCUT2D eigenvalue weighted by molar-refractivity contribution is 8.02. The van der Waals surface area contributed by atoms with Crippen LogP contribution in [0.5, 0.6) is 0 Å². The highest BCUT2D eigenvalue weighted by Crippen LogP contribution is 2.34. The average molecular weight is 258 g/mol. The first-order valence-corrected chi connectivity index (χ1v) is 7.25. The molecule has 0 atom stereocenters. The molecule has 1 aromatic rings. The molecule has 0 aliphatic rings. The van der Waals surface area contributed by atoms with E-state index in [9.17, 15) is 0 Å². The third-order valence-corrected chi connectivity index (χ3v) is 4.70. The molecule has 0 unspecified atom stereocenters. The van der Waals surface area contributed by atoms with E-state index in [4.69, 9.17) is 10.2 Å². The van der Waals surface area contributed by atoms with Crippen molar-refractivity contribution in [2.75, 3.05) is 24.7 Å². The van der Waals surface area contributed by atoms with Crippen LogP contribution in [-0.4, -0.2) is 34.9 Å². The summed E-state index contributed by atoms with van der Waals surface area (Å²) >= 11 is 3.35. The molecule has 0 aromatic heterocycles. The fraction of sp³-hybridized carbons (Fsp3) is 0.500. The Morgan fingerprint density at radius 3 is 2.25 bits per heavy atom. The van der Waals surface area contributed by atoms with E-state index < -0.39 is 0 Å². The van der Waals surface area contributed by atoms with E-state index in [0.717, 1.165) is 11.5 Å². The van der Waals surface area contributed by atoms with Crippen LogP contribution in [0.3, 0.4) is 0 Å². The summed E-state index contributed by atoms with van der Waals surface area (Å²) in [5.41, 5.74) is 2.55. The summed E-state index contributed by atoms with van der Waals surface area (Å²) in [6.45, 7) is 4.60. The number of aliphatic hydroxyl groups is 2. The molecule has 0 saturated heterocycles. The number of aliphatic hydroxyl groups excluding tert-OH is 2. The van der Waals surface area contributed by atoms with Gasteiger partial charge in [-0.2, -0.15) is 0 Å². The lowest BCUT2D eigenvalue weighted by Crippen LogP contribution is -1.94. The third kappa shape index (κ3) is 3.70. The van der Waals surface area contributed by atoms with Crippen LogP contribution in [0.15, 0.2) is 21.9 Å². The van der Waals surface area contributed by atoms with Gasteiger partial charge in [-0.3, -0.25) is 0 Å². The molecule has 0 radical (unpaired) electrons. The molecule has 4 heteroatoms. The van der Waals surface area contributed by atoms with Crippen molar-refractivity contribution in [2.45, 2.75) is 23.6 Å². The average Bonchev–Trinajstić information content (AvgIpc) is 2.29. The van der Waals surface area contributed by atoms with Gasteiger partial charge in [0.1, 0.15) is 0 Å². The molecular weight excluding hydrogens is 240 g/mol. The summed E-state index contributed by atoms with van der Waals surface area (Å²) in [5, 5.41) is 17.7. The van der Waals surface area contributed by atoms with E-state index in [0.29, 0.717) is 0 Å². The van der Waals surface area contributed by atoms with Gasteiger partial charge in [-0.25, -0.2) is 0 Å². The fourth-order valence-electron chi connectivity index (χ4n) is 1.36. The van der Waals surface area contributed by atoms with E-state index in [-0.39, 0.29) is 13.2 Å². The van der Waals surface area contributed by atoms with Crippen LogP contribution in [0.25, 0.3) is 0 Å². The summed E-state index contributed by atoms with van der Waals surface area (Å²) in [4.78, 5) is 2.45. The number of rotatable bonds is 6.